The third-order valence-corrected chi connectivity index (χ3v) is 6.64. The van der Waals surface area contributed by atoms with E-state index in [0.29, 0.717) is 27.8 Å². The van der Waals surface area contributed by atoms with E-state index < -0.39 is 17.8 Å². The predicted octanol–water partition coefficient (Wildman–Crippen LogP) is 6.06. The van der Waals surface area contributed by atoms with Gasteiger partial charge < -0.3 is 24.8 Å². The van der Waals surface area contributed by atoms with E-state index in [1.807, 2.05) is 0 Å². The molecule has 0 saturated carbocycles. The van der Waals surface area contributed by atoms with E-state index >= 15 is 0 Å². The number of benzene rings is 2. The standard InChI is InChI=1S/C24H22Cl2N2O6S/c1-5-34-24(31)19-12(2)20(22(30)27-17-11-14(32-3)7-9-18(17)33-4)35-23(19)28-21(29)15-8-6-13(25)10-16(15)26/h6-11H,5H2,1-4H3,(H,27,30)(H,28,29). The molecular formula is C24H22Cl2N2O6S. The summed E-state index contributed by atoms with van der Waals surface area (Å²) < 4.78 is 15.7. The molecule has 0 bridgehead atoms. The monoisotopic (exact) mass is 536 g/mol. The van der Waals surface area contributed by atoms with Gasteiger partial charge in [-0.1, -0.05) is 23.2 Å². The topological polar surface area (TPSA) is 103 Å². The molecule has 0 aliphatic heterocycles. The smallest absolute Gasteiger partial charge is 0.341 e. The molecular weight excluding hydrogens is 515 g/mol. The van der Waals surface area contributed by atoms with Crippen molar-refractivity contribution in [1.82, 2.24) is 0 Å². The van der Waals surface area contributed by atoms with Crippen LogP contribution >= 0.6 is 34.5 Å². The van der Waals surface area contributed by atoms with Crippen LogP contribution in [0.3, 0.4) is 0 Å². The maximum Gasteiger partial charge on any atom is 0.341 e. The number of methoxy groups -OCH3 is 2. The molecule has 2 aromatic carbocycles. The maximum atomic E-state index is 13.2. The summed E-state index contributed by atoms with van der Waals surface area (Å²) in [6.45, 7) is 3.38. The van der Waals surface area contributed by atoms with Crippen molar-refractivity contribution >= 4 is 63.0 Å². The van der Waals surface area contributed by atoms with Gasteiger partial charge in [0.05, 0.1) is 47.5 Å². The summed E-state index contributed by atoms with van der Waals surface area (Å²) in [5.74, 6) is -0.805. The highest BCUT2D eigenvalue weighted by atomic mass is 35.5. The largest absolute Gasteiger partial charge is 0.497 e. The molecule has 184 valence electrons. The number of anilines is 2. The van der Waals surface area contributed by atoms with E-state index in [4.69, 9.17) is 37.4 Å². The lowest BCUT2D eigenvalue weighted by Gasteiger charge is -2.11. The molecule has 0 aliphatic carbocycles. The molecule has 1 aromatic heterocycles. The number of esters is 1. The first-order valence-electron chi connectivity index (χ1n) is 10.3. The molecule has 0 saturated heterocycles. The number of nitrogens with one attached hydrogen (secondary N) is 2. The van der Waals surface area contributed by atoms with Gasteiger partial charge in [-0.3, -0.25) is 9.59 Å². The molecule has 3 aromatic rings. The van der Waals surface area contributed by atoms with E-state index in [2.05, 4.69) is 10.6 Å². The summed E-state index contributed by atoms with van der Waals surface area (Å²) in [5, 5.41) is 6.11. The number of hydrogen-bond acceptors (Lipinski definition) is 7. The van der Waals surface area contributed by atoms with Gasteiger partial charge in [0.2, 0.25) is 0 Å². The molecule has 0 fully saturated rings. The number of thiophene rings is 1. The number of ether oxygens (including phenoxy) is 3. The zero-order chi connectivity index (χ0) is 25.7. The number of carbonyl (C=O) groups is 3. The van der Waals surface area contributed by atoms with Crippen molar-refractivity contribution in [3.63, 3.8) is 0 Å². The average Bonchev–Trinajstić information content (AvgIpc) is 3.14. The van der Waals surface area contributed by atoms with Crippen LogP contribution in [0.1, 0.15) is 42.9 Å². The second-order valence-corrected chi connectivity index (χ2v) is 8.94. The Bertz CT molecular complexity index is 1290. The van der Waals surface area contributed by atoms with Crippen molar-refractivity contribution in [3.8, 4) is 11.5 Å². The molecule has 0 radical (unpaired) electrons. The molecule has 0 spiro atoms. The minimum Gasteiger partial charge on any atom is -0.497 e. The molecule has 1 heterocycles. The van der Waals surface area contributed by atoms with E-state index in [9.17, 15) is 14.4 Å². The van der Waals surface area contributed by atoms with Crippen LogP contribution in [0.25, 0.3) is 0 Å². The van der Waals surface area contributed by atoms with E-state index in [1.165, 1.54) is 32.4 Å². The number of carbonyl (C=O) groups excluding carboxylic acids is 3. The van der Waals surface area contributed by atoms with Crippen LogP contribution in [0.5, 0.6) is 11.5 Å². The fraction of sp³-hybridized carbons (Fsp3) is 0.208. The number of rotatable bonds is 8. The second-order valence-electron chi connectivity index (χ2n) is 7.08. The van der Waals surface area contributed by atoms with Gasteiger partial charge in [0.25, 0.3) is 11.8 Å². The summed E-state index contributed by atoms with van der Waals surface area (Å²) in [4.78, 5) is 39.0. The van der Waals surface area contributed by atoms with E-state index in [1.54, 1.807) is 32.0 Å². The Morgan fingerprint density at radius 2 is 1.71 bits per heavy atom. The zero-order valence-electron chi connectivity index (χ0n) is 19.3. The fourth-order valence-corrected chi connectivity index (χ4v) is 4.78. The maximum absolute atomic E-state index is 13.2. The van der Waals surface area contributed by atoms with Gasteiger partial charge in [-0.15, -0.1) is 11.3 Å². The molecule has 11 heteroatoms. The Morgan fingerprint density at radius 1 is 0.971 bits per heavy atom. The van der Waals surface area contributed by atoms with Crippen molar-refractivity contribution in [1.29, 1.82) is 0 Å². The van der Waals surface area contributed by atoms with Crippen molar-refractivity contribution < 1.29 is 28.6 Å². The fourth-order valence-electron chi connectivity index (χ4n) is 3.20. The van der Waals surface area contributed by atoms with Gasteiger partial charge in [-0.2, -0.15) is 0 Å². The third kappa shape index (κ3) is 5.87. The molecule has 35 heavy (non-hydrogen) atoms. The lowest BCUT2D eigenvalue weighted by molar-refractivity contribution is 0.0527. The van der Waals surface area contributed by atoms with Crippen LogP contribution in [-0.2, 0) is 4.74 Å². The highest BCUT2D eigenvalue weighted by molar-refractivity contribution is 7.19. The molecule has 0 atom stereocenters. The van der Waals surface area contributed by atoms with Gasteiger partial charge >= 0.3 is 5.97 Å². The Labute approximate surface area is 216 Å². The summed E-state index contributed by atoms with van der Waals surface area (Å²) in [6.07, 6.45) is 0. The first-order chi connectivity index (χ1) is 16.7. The van der Waals surface area contributed by atoms with Crippen LogP contribution in [0.15, 0.2) is 36.4 Å². The average molecular weight is 537 g/mol. The van der Waals surface area contributed by atoms with E-state index in [-0.39, 0.29) is 32.6 Å². The van der Waals surface area contributed by atoms with Crippen molar-refractivity contribution in [2.75, 3.05) is 31.5 Å². The van der Waals surface area contributed by atoms with Crippen molar-refractivity contribution in [2.24, 2.45) is 0 Å². The Kier molecular flexibility index (Phi) is 8.61. The number of hydrogen-bond donors (Lipinski definition) is 2. The summed E-state index contributed by atoms with van der Waals surface area (Å²) in [6, 6.07) is 9.38. The quantitative estimate of drug-likeness (QED) is 0.339. The van der Waals surface area contributed by atoms with Crippen molar-refractivity contribution in [2.45, 2.75) is 13.8 Å². The van der Waals surface area contributed by atoms with Gasteiger partial charge in [0.15, 0.2) is 0 Å². The first-order valence-corrected chi connectivity index (χ1v) is 11.9. The zero-order valence-corrected chi connectivity index (χ0v) is 21.6. The van der Waals surface area contributed by atoms with Crippen LogP contribution in [0, 0.1) is 6.92 Å². The number of amides is 2. The van der Waals surface area contributed by atoms with Crippen LogP contribution in [0.4, 0.5) is 10.7 Å². The van der Waals surface area contributed by atoms with E-state index in [0.717, 1.165) is 11.3 Å². The Morgan fingerprint density at radius 3 is 2.34 bits per heavy atom. The summed E-state index contributed by atoms with van der Waals surface area (Å²) in [5.41, 5.74) is 0.966. The van der Waals surface area contributed by atoms with Gasteiger partial charge in [0.1, 0.15) is 16.5 Å². The van der Waals surface area contributed by atoms with Crippen LogP contribution in [-0.4, -0.2) is 38.6 Å². The molecule has 2 amide bonds. The van der Waals surface area contributed by atoms with Crippen molar-refractivity contribution in [3.05, 3.63) is 68.0 Å². The van der Waals surface area contributed by atoms with Gasteiger partial charge in [-0.25, -0.2) is 4.79 Å². The summed E-state index contributed by atoms with van der Waals surface area (Å²) in [7, 11) is 2.98. The van der Waals surface area contributed by atoms with Crippen LogP contribution < -0.4 is 20.1 Å². The normalized spacial score (nSPS) is 10.5. The Hall–Kier alpha value is -3.27. The molecule has 0 unspecified atom stereocenters. The lowest BCUT2D eigenvalue weighted by atomic mass is 10.1. The first kappa shape index (κ1) is 26.3. The second kappa shape index (κ2) is 11.4. The van der Waals surface area contributed by atoms with Gasteiger partial charge in [-0.05, 0) is 49.7 Å². The molecule has 3 rings (SSSR count). The Balaban J connectivity index is 1.99. The SMILES string of the molecule is CCOC(=O)c1c(NC(=O)c2ccc(Cl)cc2Cl)sc(C(=O)Nc2cc(OC)ccc2OC)c1C. The highest BCUT2D eigenvalue weighted by Gasteiger charge is 2.28. The summed E-state index contributed by atoms with van der Waals surface area (Å²) >= 11 is 13.0. The van der Waals surface area contributed by atoms with Gasteiger partial charge in [0, 0.05) is 11.1 Å². The highest BCUT2D eigenvalue weighted by Crippen LogP contribution is 2.36. The predicted molar refractivity (Wildman–Crippen MR) is 137 cm³/mol. The lowest BCUT2D eigenvalue weighted by Crippen LogP contribution is -2.15. The van der Waals surface area contributed by atoms with Crippen LogP contribution in [0.2, 0.25) is 10.0 Å². The minimum absolute atomic E-state index is 0.0815. The molecule has 2 N–H and O–H groups in total. The molecule has 8 nitrogen and oxygen atoms in total. The number of halogens is 2. The third-order valence-electron chi connectivity index (χ3n) is 4.89. The minimum atomic E-state index is -0.670. The molecule has 0 aliphatic rings.